The van der Waals surface area contributed by atoms with Crippen molar-refractivity contribution in [1.82, 2.24) is 9.55 Å². The van der Waals surface area contributed by atoms with Gasteiger partial charge in [0.25, 0.3) is 0 Å². The van der Waals surface area contributed by atoms with Crippen LogP contribution in [0.3, 0.4) is 0 Å². The van der Waals surface area contributed by atoms with Gasteiger partial charge in [-0.1, -0.05) is 11.8 Å². The highest BCUT2D eigenvalue weighted by Gasteiger charge is 2.12. The number of nitrogens with zero attached hydrogens (tertiary/aromatic N) is 2. The van der Waals surface area contributed by atoms with Crippen molar-refractivity contribution in [2.45, 2.75) is 11.6 Å². The van der Waals surface area contributed by atoms with E-state index in [2.05, 4.69) is 10.3 Å². The Labute approximate surface area is 132 Å². The monoisotopic (exact) mass is 319 g/mol. The first kappa shape index (κ1) is 14.8. The van der Waals surface area contributed by atoms with Crippen molar-refractivity contribution >= 4 is 23.4 Å². The SMILES string of the molecule is Cn1ccnc1SCC(=O)Nc1ccc2c(c1)OCCCO2. The first-order valence-electron chi connectivity index (χ1n) is 7.02. The van der Waals surface area contributed by atoms with Crippen LogP contribution in [0.2, 0.25) is 0 Å². The van der Waals surface area contributed by atoms with Gasteiger partial charge in [-0.05, 0) is 12.1 Å². The summed E-state index contributed by atoms with van der Waals surface area (Å²) in [5.74, 6) is 1.62. The summed E-state index contributed by atoms with van der Waals surface area (Å²) in [5, 5.41) is 3.68. The number of ether oxygens (including phenoxy) is 2. The number of imidazole rings is 1. The number of rotatable bonds is 4. The van der Waals surface area contributed by atoms with Gasteiger partial charge in [0.15, 0.2) is 16.7 Å². The minimum absolute atomic E-state index is 0.0810. The molecule has 1 aliphatic heterocycles. The summed E-state index contributed by atoms with van der Waals surface area (Å²) in [6.07, 6.45) is 4.42. The number of hydrogen-bond donors (Lipinski definition) is 1. The van der Waals surface area contributed by atoms with E-state index in [1.165, 1.54) is 11.8 Å². The van der Waals surface area contributed by atoms with Crippen LogP contribution in [0.4, 0.5) is 5.69 Å². The fourth-order valence-corrected chi connectivity index (χ4v) is 2.79. The van der Waals surface area contributed by atoms with E-state index >= 15 is 0 Å². The summed E-state index contributed by atoms with van der Waals surface area (Å²) in [4.78, 5) is 16.2. The Hall–Kier alpha value is -2.15. The Balaban J connectivity index is 1.59. The van der Waals surface area contributed by atoms with Crippen LogP contribution >= 0.6 is 11.8 Å². The number of nitrogens with one attached hydrogen (secondary N) is 1. The minimum Gasteiger partial charge on any atom is -0.490 e. The van der Waals surface area contributed by atoms with Gasteiger partial charge < -0.3 is 19.4 Å². The molecule has 6 nitrogen and oxygen atoms in total. The van der Waals surface area contributed by atoms with Gasteiger partial charge in [-0.2, -0.15) is 0 Å². The van der Waals surface area contributed by atoms with E-state index < -0.39 is 0 Å². The van der Waals surface area contributed by atoms with Gasteiger partial charge in [0.05, 0.1) is 19.0 Å². The molecule has 0 saturated heterocycles. The zero-order chi connectivity index (χ0) is 15.4. The van der Waals surface area contributed by atoms with Crippen molar-refractivity contribution in [2.75, 3.05) is 24.3 Å². The molecule has 1 N–H and O–H groups in total. The number of amides is 1. The van der Waals surface area contributed by atoms with Crippen LogP contribution in [0.25, 0.3) is 0 Å². The van der Waals surface area contributed by atoms with Crippen LogP contribution in [-0.4, -0.2) is 34.4 Å². The molecule has 0 radical (unpaired) electrons. The Bertz CT molecular complexity index is 672. The van der Waals surface area contributed by atoms with Crippen molar-refractivity contribution in [3.05, 3.63) is 30.6 Å². The van der Waals surface area contributed by atoms with Crippen LogP contribution in [0, 0.1) is 0 Å². The first-order chi connectivity index (χ1) is 10.7. The van der Waals surface area contributed by atoms with Crippen molar-refractivity contribution in [2.24, 2.45) is 7.05 Å². The molecule has 0 aliphatic carbocycles. The Morgan fingerprint density at radius 3 is 2.95 bits per heavy atom. The molecule has 0 unspecified atom stereocenters. The number of carbonyl (C=O) groups is 1. The Kier molecular flexibility index (Phi) is 4.53. The molecule has 7 heteroatoms. The summed E-state index contributed by atoms with van der Waals surface area (Å²) in [6.45, 7) is 1.28. The second-order valence-electron chi connectivity index (χ2n) is 4.87. The molecule has 0 bridgehead atoms. The van der Waals surface area contributed by atoms with Gasteiger partial charge in [0.2, 0.25) is 5.91 Å². The van der Waals surface area contributed by atoms with Gasteiger partial charge in [0, 0.05) is 37.6 Å². The van der Waals surface area contributed by atoms with E-state index in [0.717, 1.165) is 17.3 Å². The van der Waals surface area contributed by atoms with E-state index in [1.54, 1.807) is 12.3 Å². The summed E-state index contributed by atoms with van der Waals surface area (Å²) in [6, 6.07) is 5.43. The van der Waals surface area contributed by atoms with Crippen LogP contribution in [-0.2, 0) is 11.8 Å². The molecule has 1 aliphatic rings. The largest absolute Gasteiger partial charge is 0.490 e. The third kappa shape index (κ3) is 3.54. The van der Waals surface area contributed by atoms with E-state index in [0.29, 0.717) is 30.4 Å². The number of hydrogen-bond acceptors (Lipinski definition) is 5. The number of thioether (sulfide) groups is 1. The number of fused-ring (bicyclic) bond motifs is 1. The molecule has 3 rings (SSSR count). The minimum atomic E-state index is -0.0810. The number of aryl methyl sites for hydroxylation is 1. The highest BCUT2D eigenvalue weighted by Crippen LogP contribution is 2.32. The summed E-state index contributed by atoms with van der Waals surface area (Å²) < 4.78 is 13.1. The molecule has 22 heavy (non-hydrogen) atoms. The molecular formula is C15H17N3O3S. The first-order valence-corrected chi connectivity index (χ1v) is 8.00. The second-order valence-corrected chi connectivity index (χ2v) is 5.81. The van der Waals surface area contributed by atoms with Gasteiger partial charge in [0.1, 0.15) is 0 Å². The van der Waals surface area contributed by atoms with Gasteiger partial charge in [-0.15, -0.1) is 0 Å². The second kappa shape index (κ2) is 6.74. The van der Waals surface area contributed by atoms with Crippen molar-refractivity contribution in [3.63, 3.8) is 0 Å². The van der Waals surface area contributed by atoms with Crippen LogP contribution in [0.1, 0.15) is 6.42 Å². The van der Waals surface area contributed by atoms with E-state index in [1.807, 2.05) is 29.9 Å². The molecule has 1 aromatic heterocycles. The number of carbonyl (C=O) groups excluding carboxylic acids is 1. The molecular weight excluding hydrogens is 302 g/mol. The van der Waals surface area contributed by atoms with Crippen molar-refractivity contribution in [3.8, 4) is 11.5 Å². The molecule has 0 saturated carbocycles. The van der Waals surface area contributed by atoms with Gasteiger partial charge in [-0.3, -0.25) is 4.79 Å². The summed E-state index contributed by atoms with van der Waals surface area (Å²) >= 11 is 1.40. The maximum atomic E-state index is 12.0. The molecule has 1 amide bonds. The van der Waals surface area contributed by atoms with Crippen LogP contribution < -0.4 is 14.8 Å². The average molecular weight is 319 g/mol. The molecule has 1 aromatic carbocycles. The van der Waals surface area contributed by atoms with Gasteiger partial charge >= 0.3 is 0 Å². The fraction of sp³-hybridized carbons (Fsp3) is 0.333. The molecule has 0 atom stereocenters. The molecule has 2 aromatic rings. The topological polar surface area (TPSA) is 65.4 Å². The van der Waals surface area contributed by atoms with E-state index in [4.69, 9.17) is 9.47 Å². The van der Waals surface area contributed by atoms with E-state index in [-0.39, 0.29) is 5.91 Å². The maximum absolute atomic E-state index is 12.0. The highest BCUT2D eigenvalue weighted by molar-refractivity contribution is 7.99. The third-order valence-electron chi connectivity index (χ3n) is 3.14. The fourth-order valence-electron chi connectivity index (χ4n) is 2.06. The number of benzene rings is 1. The Morgan fingerprint density at radius 1 is 1.36 bits per heavy atom. The average Bonchev–Trinajstić information content (AvgIpc) is 2.78. The van der Waals surface area contributed by atoms with Crippen molar-refractivity contribution < 1.29 is 14.3 Å². The maximum Gasteiger partial charge on any atom is 0.234 e. The third-order valence-corrected chi connectivity index (χ3v) is 4.20. The van der Waals surface area contributed by atoms with Crippen LogP contribution in [0.5, 0.6) is 11.5 Å². The van der Waals surface area contributed by atoms with Crippen LogP contribution in [0.15, 0.2) is 35.7 Å². The number of aromatic nitrogens is 2. The van der Waals surface area contributed by atoms with Crippen molar-refractivity contribution in [1.29, 1.82) is 0 Å². The quantitative estimate of drug-likeness (QED) is 0.876. The molecule has 116 valence electrons. The highest BCUT2D eigenvalue weighted by atomic mass is 32.2. The lowest BCUT2D eigenvalue weighted by Gasteiger charge is -2.10. The zero-order valence-corrected chi connectivity index (χ0v) is 13.1. The predicted octanol–water partition coefficient (Wildman–Crippen LogP) is 2.31. The molecule has 0 spiro atoms. The van der Waals surface area contributed by atoms with E-state index in [9.17, 15) is 4.79 Å². The summed E-state index contributed by atoms with van der Waals surface area (Å²) in [5.41, 5.74) is 0.703. The predicted molar refractivity (Wildman–Crippen MR) is 84.6 cm³/mol. The molecule has 2 heterocycles. The lowest BCUT2D eigenvalue weighted by molar-refractivity contribution is -0.113. The smallest absolute Gasteiger partial charge is 0.234 e. The lowest BCUT2D eigenvalue weighted by Crippen LogP contribution is -2.14. The summed E-state index contributed by atoms with van der Waals surface area (Å²) in [7, 11) is 1.90. The zero-order valence-electron chi connectivity index (χ0n) is 12.2. The molecule has 0 fully saturated rings. The number of anilines is 1. The lowest BCUT2D eigenvalue weighted by atomic mass is 10.2. The normalized spacial score (nSPS) is 13.5. The Morgan fingerprint density at radius 2 is 2.18 bits per heavy atom. The van der Waals surface area contributed by atoms with Gasteiger partial charge in [-0.25, -0.2) is 4.98 Å². The standard InChI is InChI=1S/C15H17N3O3S/c1-18-6-5-16-15(18)22-10-14(19)17-11-3-4-12-13(9-11)21-8-2-7-20-12/h3-6,9H,2,7-8,10H2,1H3,(H,17,19).